The zero-order chi connectivity index (χ0) is 17.5. The molecule has 0 N–H and O–H groups in total. The third kappa shape index (κ3) is 2.84. The number of imidazole rings is 1. The molecule has 26 heavy (non-hydrogen) atoms. The van der Waals surface area contributed by atoms with Crippen molar-refractivity contribution in [2.24, 2.45) is 11.8 Å². The number of likely N-dealkylation sites (tertiary alicyclic amines) is 1. The molecule has 0 amide bonds. The Hall–Kier alpha value is -2.46. The summed E-state index contributed by atoms with van der Waals surface area (Å²) in [5, 5.41) is 0. The van der Waals surface area contributed by atoms with Gasteiger partial charge in [0.1, 0.15) is 11.6 Å². The van der Waals surface area contributed by atoms with Crippen LogP contribution in [0.4, 0.5) is 4.39 Å². The van der Waals surface area contributed by atoms with Crippen molar-refractivity contribution >= 4 is 0 Å². The van der Waals surface area contributed by atoms with Gasteiger partial charge in [0.25, 0.3) is 0 Å². The highest BCUT2D eigenvalue weighted by Gasteiger charge is 2.37. The van der Waals surface area contributed by atoms with E-state index < -0.39 is 0 Å². The third-order valence-electron chi connectivity index (χ3n) is 5.82. The smallest absolute Gasteiger partial charge is 0.123 e. The lowest BCUT2D eigenvalue weighted by Gasteiger charge is -2.27. The number of fused-ring (bicyclic) bond motifs is 2. The van der Waals surface area contributed by atoms with E-state index in [4.69, 9.17) is 4.98 Å². The van der Waals surface area contributed by atoms with Crippen molar-refractivity contribution in [3.63, 3.8) is 0 Å². The van der Waals surface area contributed by atoms with Gasteiger partial charge in [-0.1, -0.05) is 42.5 Å². The van der Waals surface area contributed by atoms with Gasteiger partial charge in [-0.15, -0.1) is 0 Å². The summed E-state index contributed by atoms with van der Waals surface area (Å²) in [7, 11) is 0. The molecule has 1 aromatic heterocycles. The predicted octanol–water partition coefficient (Wildman–Crippen LogP) is 3.99. The number of benzene rings is 2. The summed E-state index contributed by atoms with van der Waals surface area (Å²) < 4.78 is 15.9. The Labute approximate surface area is 153 Å². The van der Waals surface area contributed by atoms with Crippen molar-refractivity contribution in [3.8, 4) is 11.3 Å². The lowest BCUT2D eigenvalue weighted by atomic mass is 9.89. The third-order valence-corrected chi connectivity index (χ3v) is 5.82. The highest BCUT2D eigenvalue weighted by Crippen LogP contribution is 2.35. The van der Waals surface area contributed by atoms with Crippen LogP contribution in [0.3, 0.4) is 0 Å². The predicted molar refractivity (Wildman–Crippen MR) is 100 cm³/mol. The molecule has 3 heterocycles. The minimum absolute atomic E-state index is 0.147. The minimum Gasteiger partial charge on any atom is -0.328 e. The standard InChI is InChI=1S/C22H22FN3/c23-20-8-4-5-16(9-20)12-25-13-18-10-22-24-11-21(17-6-2-1-3-7-17)26(22)15-19(18)14-25/h1-9,11,18-19H,10,12-15H2/t18-,19-/m1/s1. The molecule has 0 radical (unpaired) electrons. The molecule has 0 bridgehead atoms. The summed E-state index contributed by atoms with van der Waals surface area (Å²) in [5.74, 6) is 2.36. The fraction of sp³-hybridized carbons (Fsp3) is 0.318. The van der Waals surface area contributed by atoms with Crippen LogP contribution in [0.25, 0.3) is 11.3 Å². The maximum absolute atomic E-state index is 13.4. The molecule has 132 valence electrons. The van der Waals surface area contributed by atoms with E-state index in [0.717, 1.165) is 38.2 Å². The van der Waals surface area contributed by atoms with Crippen LogP contribution in [0.5, 0.6) is 0 Å². The Kier molecular flexibility index (Phi) is 3.86. The average molecular weight is 347 g/mol. The molecule has 5 rings (SSSR count). The molecular formula is C22H22FN3. The van der Waals surface area contributed by atoms with Gasteiger partial charge < -0.3 is 4.57 Å². The van der Waals surface area contributed by atoms with Crippen LogP contribution in [0.1, 0.15) is 11.4 Å². The van der Waals surface area contributed by atoms with Gasteiger partial charge >= 0.3 is 0 Å². The summed E-state index contributed by atoms with van der Waals surface area (Å²) in [6.07, 6.45) is 3.06. The Morgan fingerprint density at radius 3 is 2.65 bits per heavy atom. The van der Waals surface area contributed by atoms with Crippen LogP contribution in [-0.4, -0.2) is 27.5 Å². The SMILES string of the molecule is Fc1cccc(CN2C[C@H]3Cc4ncc(-c5ccccc5)n4C[C@H]3C2)c1. The largest absolute Gasteiger partial charge is 0.328 e. The molecule has 3 nitrogen and oxygen atoms in total. The monoisotopic (exact) mass is 347 g/mol. The van der Waals surface area contributed by atoms with Crippen LogP contribution in [0.15, 0.2) is 60.8 Å². The Balaban J connectivity index is 1.34. The van der Waals surface area contributed by atoms with Crippen LogP contribution in [0, 0.1) is 17.7 Å². The summed E-state index contributed by atoms with van der Waals surface area (Å²) in [6, 6.07) is 17.5. The summed E-state index contributed by atoms with van der Waals surface area (Å²) in [6.45, 7) is 4.02. The molecule has 0 spiro atoms. The van der Waals surface area contributed by atoms with Crippen molar-refractivity contribution in [1.82, 2.24) is 14.5 Å². The number of hydrogen-bond donors (Lipinski definition) is 0. The van der Waals surface area contributed by atoms with Crippen LogP contribution < -0.4 is 0 Å². The minimum atomic E-state index is -0.147. The fourth-order valence-electron chi connectivity index (χ4n) is 4.59. The first-order valence-corrected chi connectivity index (χ1v) is 9.33. The van der Waals surface area contributed by atoms with Crippen LogP contribution in [-0.2, 0) is 19.5 Å². The quantitative estimate of drug-likeness (QED) is 0.714. The molecule has 1 fully saturated rings. The first-order valence-electron chi connectivity index (χ1n) is 9.33. The second-order valence-corrected chi connectivity index (χ2v) is 7.58. The number of rotatable bonds is 3. The van der Waals surface area contributed by atoms with Crippen molar-refractivity contribution in [2.45, 2.75) is 19.5 Å². The molecule has 2 aliphatic heterocycles. The highest BCUT2D eigenvalue weighted by molar-refractivity contribution is 5.59. The van der Waals surface area contributed by atoms with Gasteiger partial charge in [-0.2, -0.15) is 0 Å². The second kappa shape index (κ2) is 6.36. The second-order valence-electron chi connectivity index (χ2n) is 7.58. The van der Waals surface area contributed by atoms with Gasteiger partial charge in [0.15, 0.2) is 0 Å². The Morgan fingerprint density at radius 2 is 1.81 bits per heavy atom. The van der Waals surface area contributed by atoms with Crippen LogP contribution in [0.2, 0.25) is 0 Å². The lowest BCUT2D eigenvalue weighted by Crippen LogP contribution is -2.28. The Morgan fingerprint density at radius 1 is 0.962 bits per heavy atom. The molecule has 2 atom stereocenters. The van der Waals surface area contributed by atoms with Gasteiger partial charge in [0.2, 0.25) is 0 Å². The Bertz CT molecular complexity index is 918. The van der Waals surface area contributed by atoms with Gasteiger partial charge in [0, 0.05) is 32.6 Å². The van der Waals surface area contributed by atoms with E-state index in [1.54, 1.807) is 12.1 Å². The topological polar surface area (TPSA) is 21.1 Å². The molecule has 0 unspecified atom stereocenters. The van der Waals surface area contributed by atoms with Crippen molar-refractivity contribution < 1.29 is 4.39 Å². The van der Waals surface area contributed by atoms with E-state index in [9.17, 15) is 4.39 Å². The molecule has 2 aliphatic rings. The average Bonchev–Trinajstić information content (AvgIpc) is 3.23. The zero-order valence-corrected chi connectivity index (χ0v) is 14.7. The van der Waals surface area contributed by atoms with Gasteiger partial charge in [0.05, 0.1) is 11.9 Å². The van der Waals surface area contributed by atoms with Crippen molar-refractivity contribution in [3.05, 3.63) is 78.0 Å². The molecule has 1 saturated heterocycles. The van der Waals surface area contributed by atoms with E-state index >= 15 is 0 Å². The molecule has 2 aromatic carbocycles. The van der Waals surface area contributed by atoms with Crippen LogP contribution >= 0.6 is 0 Å². The van der Waals surface area contributed by atoms with Gasteiger partial charge in [-0.3, -0.25) is 4.90 Å². The van der Waals surface area contributed by atoms with E-state index in [-0.39, 0.29) is 5.82 Å². The zero-order valence-electron chi connectivity index (χ0n) is 14.7. The normalized spacial score (nSPS) is 22.2. The first kappa shape index (κ1) is 15.8. The molecular weight excluding hydrogens is 325 g/mol. The van der Waals surface area contributed by atoms with Gasteiger partial charge in [-0.05, 0) is 35.1 Å². The highest BCUT2D eigenvalue weighted by atomic mass is 19.1. The number of halogens is 1. The van der Waals surface area contributed by atoms with E-state index in [1.165, 1.54) is 23.1 Å². The maximum Gasteiger partial charge on any atom is 0.123 e. The summed E-state index contributed by atoms with van der Waals surface area (Å²) in [4.78, 5) is 7.18. The molecule has 0 aliphatic carbocycles. The van der Waals surface area contributed by atoms with Crippen molar-refractivity contribution in [2.75, 3.05) is 13.1 Å². The fourth-order valence-corrected chi connectivity index (χ4v) is 4.59. The summed E-state index contributed by atoms with van der Waals surface area (Å²) in [5.41, 5.74) is 3.52. The first-order chi connectivity index (χ1) is 12.8. The van der Waals surface area contributed by atoms with Gasteiger partial charge in [-0.25, -0.2) is 9.37 Å². The lowest BCUT2D eigenvalue weighted by molar-refractivity contribution is 0.306. The summed E-state index contributed by atoms with van der Waals surface area (Å²) >= 11 is 0. The molecule has 4 heteroatoms. The number of hydrogen-bond acceptors (Lipinski definition) is 2. The van der Waals surface area contributed by atoms with E-state index in [0.29, 0.717) is 11.8 Å². The van der Waals surface area contributed by atoms with E-state index in [2.05, 4.69) is 33.7 Å². The molecule has 0 saturated carbocycles. The van der Waals surface area contributed by atoms with Crippen molar-refractivity contribution in [1.29, 1.82) is 0 Å². The number of nitrogens with zero attached hydrogens (tertiary/aromatic N) is 3. The van der Waals surface area contributed by atoms with E-state index in [1.807, 2.05) is 18.3 Å². The maximum atomic E-state index is 13.4. The number of aromatic nitrogens is 2. The molecule has 3 aromatic rings.